The average Bonchev–Trinajstić information content (AvgIpc) is 2.71. The molecule has 2 aromatic carbocycles. The Morgan fingerprint density at radius 1 is 1.08 bits per heavy atom. The van der Waals surface area contributed by atoms with Crippen molar-refractivity contribution in [3.05, 3.63) is 70.8 Å². The van der Waals surface area contributed by atoms with E-state index < -0.39 is 0 Å². The Morgan fingerprint density at radius 2 is 1.88 bits per heavy atom. The summed E-state index contributed by atoms with van der Waals surface area (Å²) in [6.45, 7) is 5.63. The molecule has 0 fully saturated rings. The fraction of sp³-hybridized carbons (Fsp3) is 0.364. The highest BCUT2D eigenvalue weighted by atomic mass is 32.2. The number of hydrogen-bond donors (Lipinski definition) is 0. The molecule has 24 heavy (non-hydrogen) atoms. The van der Waals surface area contributed by atoms with Crippen LogP contribution < -0.4 is 0 Å². The van der Waals surface area contributed by atoms with Gasteiger partial charge in [0, 0.05) is 17.2 Å². The zero-order chi connectivity index (χ0) is 17.1. The van der Waals surface area contributed by atoms with Crippen LogP contribution in [0.4, 0.5) is 0 Å². The SMILES string of the molecule is CC(C)c1ccc2c(c1)/C(=C/CCN(C)C)c1ccccc1CS2. The summed E-state index contributed by atoms with van der Waals surface area (Å²) in [5.74, 6) is 1.61. The van der Waals surface area contributed by atoms with Gasteiger partial charge in [-0.2, -0.15) is 0 Å². The highest BCUT2D eigenvalue weighted by molar-refractivity contribution is 7.98. The summed E-state index contributed by atoms with van der Waals surface area (Å²) in [5, 5.41) is 0. The molecule has 0 bridgehead atoms. The third kappa shape index (κ3) is 3.76. The molecule has 0 atom stereocenters. The Labute approximate surface area is 150 Å². The van der Waals surface area contributed by atoms with E-state index in [1.165, 1.54) is 32.7 Å². The second-order valence-electron chi connectivity index (χ2n) is 7.07. The van der Waals surface area contributed by atoms with Crippen LogP contribution in [0.2, 0.25) is 0 Å². The van der Waals surface area contributed by atoms with Gasteiger partial charge >= 0.3 is 0 Å². The maximum Gasteiger partial charge on any atom is 0.0238 e. The van der Waals surface area contributed by atoms with Gasteiger partial charge in [-0.15, -0.1) is 11.8 Å². The molecule has 1 aliphatic heterocycles. The smallest absolute Gasteiger partial charge is 0.0238 e. The Hall–Kier alpha value is -1.51. The number of hydrogen-bond acceptors (Lipinski definition) is 2. The second kappa shape index (κ2) is 7.58. The van der Waals surface area contributed by atoms with Crippen LogP contribution in [0.25, 0.3) is 5.57 Å². The van der Waals surface area contributed by atoms with E-state index in [1.807, 2.05) is 11.8 Å². The first-order valence-corrected chi connectivity index (χ1v) is 9.75. The molecule has 0 aromatic heterocycles. The van der Waals surface area contributed by atoms with E-state index >= 15 is 0 Å². The van der Waals surface area contributed by atoms with E-state index in [0.717, 1.165) is 18.7 Å². The molecule has 0 saturated carbocycles. The van der Waals surface area contributed by atoms with Gasteiger partial charge in [-0.3, -0.25) is 0 Å². The number of rotatable bonds is 4. The van der Waals surface area contributed by atoms with Crippen LogP contribution in [0.1, 0.15) is 48.4 Å². The molecule has 0 N–H and O–H groups in total. The molecule has 1 nitrogen and oxygen atoms in total. The van der Waals surface area contributed by atoms with Gasteiger partial charge in [-0.05, 0) is 66.4 Å². The van der Waals surface area contributed by atoms with Crippen molar-refractivity contribution in [1.82, 2.24) is 4.90 Å². The number of benzene rings is 2. The molecule has 1 aliphatic rings. The van der Waals surface area contributed by atoms with Gasteiger partial charge in [0.15, 0.2) is 0 Å². The predicted octanol–water partition coefficient (Wildman–Crippen LogP) is 5.80. The Bertz CT molecular complexity index is 743. The Balaban J connectivity index is 2.11. The lowest BCUT2D eigenvalue weighted by Crippen LogP contribution is -2.12. The topological polar surface area (TPSA) is 3.24 Å². The van der Waals surface area contributed by atoms with Crippen molar-refractivity contribution in [2.75, 3.05) is 20.6 Å². The maximum absolute atomic E-state index is 2.44. The van der Waals surface area contributed by atoms with Crippen molar-refractivity contribution in [2.45, 2.75) is 36.8 Å². The first-order chi connectivity index (χ1) is 11.6. The Morgan fingerprint density at radius 3 is 2.62 bits per heavy atom. The molecule has 0 aliphatic carbocycles. The average molecular weight is 338 g/mol. The second-order valence-corrected chi connectivity index (χ2v) is 8.08. The molecule has 3 rings (SSSR count). The zero-order valence-electron chi connectivity index (χ0n) is 15.2. The van der Waals surface area contributed by atoms with E-state index in [0.29, 0.717) is 5.92 Å². The lowest BCUT2D eigenvalue weighted by Gasteiger charge is -2.15. The molecule has 0 amide bonds. The minimum atomic E-state index is 0.557. The van der Waals surface area contributed by atoms with Crippen molar-refractivity contribution in [3.63, 3.8) is 0 Å². The summed E-state index contributed by atoms with van der Waals surface area (Å²) < 4.78 is 0. The number of fused-ring (bicyclic) bond motifs is 2. The highest BCUT2D eigenvalue weighted by Gasteiger charge is 2.19. The molecular weight excluding hydrogens is 310 g/mol. The Kier molecular flexibility index (Phi) is 5.47. The van der Waals surface area contributed by atoms with Crippen LogP contribution in [-0.4, -0.2) is 25.5 Å². The summed E-state index contributed by atoms with van der Waals surface area (Å²) in [6, 6.07) is 15.9. The van der Waals surface area contributed by atoms with E-state index in [-0.39, 0.29) is 0 Å². The quantitative estimate of drug-likeness (QED) is 0.693. The minimum Gasteiger partial charge on any atom is -0.309 e. The first-order valence-electron chi connectivity index (χ1n) is 8.76. The third-order valence-corrected chi connectivity index (χ3v) is 5.70. The summed E-state index contributed by atoms with van der Waals surface area (Å²) in [4.78, 5) is 3.66. The third-order valence-electron chi connectivity index (χ3n) is 4.58. The fourth-order valence-corrected chi connectivity index (χ4v) is 4.19. The van der Waals surface area contributed by atoms with Gasteiger partial charge in [-0.1, -0.05) is 50.3 Å². The fourth-order valence-electron chi connectivity index (χ4n) is 3.14. The molecule has 126 valence electrons. The van der Waals surface area contributed by atoms with E-state index in [1.54, 1.807) is 0 Å². The minimum absolute atomic E-state index is 0.557. The monoisotopic (exact) mass is 337 g/mol. The maximum atomic E-state index is 2.44. The van der Waals surface area contributed by atoms with E-state index in [9.17, 15) is 0 Å². The number of nitrogens with zero attached hydrogens (tertiary/aromatic N) is 1. The molecule has 1 heterocycles. The van der Waals surface area contributed by atoms with Crippen LogP contribution in [0.5, 0.6) is 0 Å². The van der Waals surface area contributed by atoms with Gasteiger partial charge in [0.05, 0.1) is 0 Å². The standard InChI is InChI=1S/C22H27NS/c1-16(2)17-11-12-22-21(14-17)20(10-7-13-23(3)4)19-9-6-5-8-18(19)15-24-22/h5-6,8-12,14,16H,7,13,15H2,1-4H3/b20-10+. The lowest BCUT2D eigenvalue weighted by molar-refractivity contribution is 0.417. The van der Waals surface area contributed by atoms with E-state index in [2.05, 4.69) is 81.4 Å². The molecule has 2 aromatic rings. The van der Waals surface area contributed by atoms with Crippen molar-refractivity contribution < 1.29 is 0 Å². The zero-order valence-corrected chi connectivity index (χ0v) is 16.0. The first kappa shape index (κ1) is 17.3. The summed E-state index contributed by atoms with van der Waals surface area (Å²) in [5.41, 5.74) is 7.10. The number of thioether (sulfide) groups is 1. The summed E-state index contributed by atoms with van der Waals surface area (Å²) in [6.07, 6.45) is 3.51. The van der Waals surface area contributed by atoms with Crippen LogP contribution in [0.3, 0.4) is 0 Å². The molecule has 0 radical (unpaired) electrons. The highest BCUT2D eigenvalue weighted by Crippen LogP contribution is 2.41. The van der Waals surface area contributed by atoms with Gasteiger partial charge in [0.1, 0.15) is 0 Å². The van der Waals surface area contributed by atoms with Gasteiger partial charge in [-0.25, -0.2) is 0 Å². The van der Waals surface area contributed by atoms with Crippen molar-refractivity contribution in [1.29, 1.82) is 0 Å². The van der Waals surface area contributed by atoms with E-state index in [4.69, 9.17) is 0 Å². The van der Waals surface area contributed by atoms with Crippen molar-refractivity contribution in [2.24, 2.45) is 0 Å². The van der Waals surface area contributed by atoms with Gasteiger partial charge < -0.3 is 4.90 Å². The van der Waals surface area contributed by atoms with Crippen LogP contribution in [0, 0.1) is 0 Å². The molecular formula is C22H27NS. The van der Waals surface area contributed by atoms with Crippen LogP contribution >= 0.6 is 11.8 Å². The predicted molar refractivity (Wildman–Crippen MR) is 107 cm³/mol. The van der Waals surface area contributed by atoms with Gasteiger partial charge in [0.2, 0.25) is 0 Å². The molecule has 0 saturated heterocycles. The molecule has 0 spiro atoms. The molecule has 2 heteroatoms. The van der Waals surface area contributed by atoms with Crippen LogP contribution in [-0.2, 0) is 5.75 Å². The van der Waals surface area contributed by atoms with Gasteiger partial charge in [0.25, 0.3) is 0 Å². The summed E-state index contributed by atoms with van der Waals surface area (Å²) in [7, 11) is 4.28. The normalized spacial score (nSPS) is 15.5. The molecule has 0 unspecified atom stereocenters. The summed E-state index contributed by atoms with van der Waals surface area (Å²) >= 11 is 1.96. The van der Waals surface area contributed by atoms with Crippen molar-refractivity contribution >= 4 is 17.3 Å². The largest absolute Gasteiger partial charge is 0.309 e. The van der Waals surface area contributed by atoms with Crippen molar-refractivity contribution in [3.8, 4) is 0 Å². The lowest BCUT2D eigenvalue weighted by atomic mass is 9.91. The van der Waals surface area contributed by atoms with Crippen LogP contribution in [0.15, 0.2) is 53.4 Å².